The lowest BCUT2D eigenvalue weighted by molar-refractivity contribution is -0.150. The third kappa shape index (κ3) is 4.41. The van der Waals surface area contributed by atoms with Crippen molar-refractivity contribution in [3.8, 4) is 5.75 Å². The molecule has 126 valence electrons. The first-order chi connectivity index (χ1) is 10.6. The van der Waals surface area contributed by atoms with Crippen molar-refractivity contribution >= 4 is 23.6 Å². The fourth-order valence-electron chi connectivity index (χ4n) is 2.46. The highest BCUT2D eigenvalue weighted by Gasteiger charge is 2.38. The molecule has 1 aromatic rings. The number of carbonyl (C=O) groups is 1. The molecule has 2 rings (SSSR count). The molecule has 0 amide bonds. The summed E-state index contributed by atoms with van der Waals surface area (Å²) in [6, 6.07) is 3.12. The molecule has 3 nitrogen and oxygen atoms in total. The zero-order chi connectivity index (χ0) is 17.4. The number of ether oxygens (including phenoxy) is 1. The molecule has 1 heterocycles. The topological polar surface area (TPSA) is 46.5 Å². The van der Waals surface area contributed by atoms with Gasteiger partial charge in [0.1, 0.15) is 11.9 Å². The number of hydrogen-bond donors (Lipinski definition) is 1. The minimum Gasteiger partial charge on any atom is -0.484 e. The Bertz CT molecular complexity index is 651. The molecule has 0 aromatic heterocycles. The van der Waals surface area contributed by atoms with Crippen molar-refractivity contribution in [3.05, 3.63) is 33.9 Å². The summed E-state index contributed by atoms with van der Waals surface area (Å²) in [5.74, 6) is -0.901. The third-order valence-electron chi connectivity index (χ3n) is 3.40. The van der Waals surface area contributed by atoms with Crippen molar-refractivity contribution in [2.45, 2.75) is 39.0 Å². The molecule has 0 spiro atoms. The van der Waals surface area contributed by atoms with Gasteiger partial charge in [-0.1, -0.05) is 25.4 Å². The molecular formula is C16H16ClF3O3. The number of benzene rings is 1. The fourth-order valence-corrected chi connectivity index (χ4v) is 2.71. The first-order valence-corrected chi connectivity index (χ1v) is 7.45. The predicted molar refractivity (Wildman–Crippen MR) is 80.7 cm³/mol. The van der Waals surface area contributed by atoms with Crippen LogP contribution in [0.5, 0.6) is 5.75 Å². The van der Waals surface area contributed by atoms with E-state index in [0.717, 1.165) is 5.56 Å². The molecular weight excluding hydrogens is 333 g/mol. The van der Waals surface area contributed by atoms with Crippen molar-refractivity contribution in [2.24, 2.45) is 5.92 Å². The second kappa shape index (κ2) is 6.43. The lowest BCUT2D eigenvalue weighted by atomic mass is 9.96. The summed E-state index contributed by atoms with van der Waals surface area (Å²) in [6.07, 6.45) is -5.60. The number of fused-ring (bicyclic) bond motifs is 1. The maximum Gasteiger partial charge on any atom is 0.392 e. The van der Waals surface area contributed by atoms with E-state index in [2.05, 4.69) is 0 Å². The number of carboxylic acid groups (broad SMARTS) is 1. The molecule has 0 saturated carbocycles. The molecule has 1 N–H and O–H groups in total. The number of hydrogen-bond acceptors (Lipinski definition) is 2. The molecule has 0 aliphatic carbocycles. The van der Waals surface area contributed by atoms with E-state index in [1.54, 1.807) is 6.07 Å². The molecule has 0 saturated heterocycles. The average molecular weight is 349 g/mol. The number of rotatable bonds is 4. The molecule has 23 heavy (non-hydrogen) atoms. The Hall–Kier alpha value is -1.69. The van der Waals surface area contributed by atoms with Crippen LogP contribution in [0.3, 0.4) is 0 Å². The van der Waals surface area contributed by atoms with Gasteiger partial charge in [-0.25, -0.2) is 4.79 Å². The number of aliphatic carboxylic acids is 1. The maximum absolute atomic E-state index is 12.6. The second-order valence-corrected chi connectivity index (χ2v) is 6.32. The zero-order valence-corrected chi connectivity index (χ0v) is 13.3. The monoisotopic (exact) mass is 348 g/mol. The summed E-state index contributed by atoms with van der Waals surface area (Å²) in [5.41, 5.74) is 0.708. The first-order valence-electron chi connectivity index (χ1n) is 7.07. The van der Waals surface area contributed by atoms with E-state index < -0.39 is 30.2 Å². The largest absolute Gasteiger partial charge is 0.484 e. The van der Waals surface area contributed by atoms with Gasteiger partial charge in [0, 0.05) is 10.6 Å². The fraction of sp³-hybridized carbons (Fsp3) is 0.438. The van der Waals surface area contributed by atoms with Gasteiger partial charge in [-0.15, -0.1) is 0 Å². The SMILES string of the molecule is CC(C)Cc1cc2c(cc1Cl)C=C(C(=O)O)[C@@H](CC(F)(F)F)O2. The van der Waals surface area contributed by atoms with Gasteiger partial charge in [0.05, 0.1) is 12.0 Å². The number of halogens is 4. The molecule has 1 aliphatic rings. The Morgan fingerprint density at radius 3 is 2.57 bits per heavy atom. The minimum atomic E-state index is -4.52. The summed E-state index contributed by atoms with van der Waals surface area (Å²) in [4.78, 5) is 11.2. The lowest BCUT2D eigenvalue weighted by Gasteiger charge is -2.27. The van der Waals surface area contributed by atoms with Crippen LogP contribution in [0.2, 0.25) is 5.02 Å². The van der Waals surface area contributed by atoms with Crippen LogP contribution >= 0.6 is 11.6 Å². The van der Waals surface area contributed by atoms with Gasteiger partial charge >= 0.3 is 12.1 Å². The van der Waals surface area contributed by atoms with Crippen molar-refractivity contribution in [1.29, 1.82) is 0 Å². The Morgan fingerprint density at radius 2 is 2.04 bits per heavy atom. The molecule has 1 aromatic carbocycles. The average Bonchev–Trinajstić information content (AvgIpc) is 2.36. The van der Waals surface area contributed by atoms with Crippen molar-refractivity contribution in [3.63, 3.8) is 0 Å². The Labute approximate surface area is 136 Å². The van der Waals surface area contributed by atoms with E-state index in [1.807, 2.05) is 13.8 Å². The van der Waals surface area contributed by atoms with Crippen LogP contribution in [-0.2, 0) is 11.2 Å². The van der Waals surface area contributed by atoms with E-state index >= 15 is 0 Å². The lowest BCUT2D eigenvalue weighted by Crippen LogP contribution is -2.32. The summed E-state index contributed by atoms with van der Waals surface area (Å²) >= 11 is 6.16. The molecule has 7 heteroatoms. The van der Waals surface area contributed by atoms with Crippen molar-refractivity contribution in [2.75, 3.05) is 0 Å². The highest BCUT2D eigenvalue weighted by molar-refractivity contribution is 6.31. The van der Waals surface area contributed by atoms with Gasteiger partial charge in [0.2, 0.25) is 0 Å². The Morgan fingerprint density at radius 1 is 1.39 bits per heavy atom. The summed E-state index contributed by atoms with van der Waals surface area (Å²) in [6.45, 7) is 3.98. The van der Waals surface area contributed by atoms with Gasteiger partial charge in [0.25, 0.3) is 0 Å². The quantitative estimate of drug-likeness (QED) is 0.856. The minimum absolute atomic E-state index is 0.226. The molecule has 0 fully saturated rings. The van der Waals surface area contributed by atoms with E-state index in [1.165, 1.54) is 12.1 Å². The molecule has 0 radical (unpaired) electrons. The Kier molecular flexibility index (Phi) is 4.94. The Balaban J connectivity index is 2.43. The van der Waals surface area contributed by atoms with Gasteiger partial charge in [-0.3, -0.25) is 0 Å². The van der Waals surface area contributed by atoms with Gasteiger partial charge in [0.15, 0.2) is 0 Å². The van der Waals surface area contributed by atoms with Gasteiger partial charge < -0.3 is 9.84 Å². The summed E-state index contributed by atoms with van der Waals surface area (Å²) < 4.78 is 43.3. The third-order valence-corrected chi connectivity index (χ3v) is 3.75. The summed E-state index contributed by atoms with van der Waals surface area (Å²) in [7, 11) is 0. The van der Waals surface area contributed by atoms with Crippen LogP contribution in [0, 0.1) is 5.92 Å². The number of alkyl halides is 3. The molecule has 1 aliphatic heterocycles. The summed E-state index contributed by atoms with van der Waals surface area (Å²) in [5, 5.41) is 9.57. The molecule has 0 bridgehead atoms. The van der Waals surface area contributed by atoms with E-state index in [-0.39, 0.29) is 5.75 Å². The van der Waals surface area contributed by atoms with Gasteiger partial charge in [-0.2, -0.15) is 13.2 Å². The standard InChI is InChI=1S/C16H16ClF3O3/c1-8(2)3-9-6-13-10(5-12(9)17)4-11(15(21)22)14(23-13)7-16(18,19)20/h4-6,8,14H,3,7H2,1-2H3,(H,21,22)/t14-/m1/s1. The highest BCUT2D eigenvalue weighted by Crippen LogP contribution is 2.38. The van der Waals surface area contributed by atoms with Crippen LogP contribution in [0.25, 0.3) is 6.08 Å². The maximum atomic E-state index is 12.6. The van der Waals surface area contributed by atoms with Crippen molar-refractivity contribution in [1.82, 2.24) is 0 Å². The van der Waals surface area contributed by atoms with E-state index in [0.29, 0.717) is 22.9 Å². The van der Waals surface area contributed by atoms with E-state index in [4.69, 9.17) is 21.4 Å². The van der Waals surface area contributed by atoms with E-state index in [9.17, 15) is 18.0 Å². The van der Waals surface area contributed by atoms with Crippen LogP contribution < -0.4 is 4.74 Å². The van der Waals surface area contributed by atoms with Crippen molar-refractivity contribution < 1.29 is 27.8 Å². The van der Waals surface area contributed by atoms with Crippen LogP contribution in [0.1, 0.15) is 31.4 Å². The highest BCUT2D eigenvalue weighted by atomic mass is 35.5. The van der Waals surface area contributed by atoms with Crippen LogP contribution in [0.15, 0.2) is 17.7 Å². The zero-order valence-electron chi connectivity index (χ0n) is 12.6. The van der Waals surface area contributed by atoms with Crippen LogP contribution in [0.4, 0.5) is 13.2 Å². The van der Waals surface area contributed by atoms with Crippen LogP contribution in [-0.4, -0.2) is 23.4 Å². The van der Waals surface area contributed by atoms with Gasteiger partial charge in [-0.05, 0) is 36.1 Å². The smallest absolute Gasteiger partial charge is 0.392 e. The molecule has 1 atom stereocenters. The molecule has 0 unspecified atom stereocenters. The first kappa shape index (κ1) is 17.7. The predicted octanol–water partition coefficient (Wildman–Crippen LogP) is 4.72. The normalized spacial score (nSPS) is 17.5. The number of carboxylic acids is 1. The second-order valence-electron chi connectivity index (χ2n) is 5.91.